The summed E-state index contributed by atoms with van der Waals surface area (Å²) in [6.07, 6.45) is 1.50. The highest BCUT2D eigenvalue weighted by atomic mass is 35.5. The molecule has 0 aromatic rings. The van der Waals surface area contributed by atoms with Crippen LogP contribution in [0.25, 0.3) is 0 Å². The van der Waals surface area contributed by atoms with Crippen LogP contribution in [0.1, 0.15) is 12.8 Å². The Morgan fingerprint density at radius 1 is 1.31 bits per heavy atom. The van der Waals surface area contributed by atoms with Crippen molar-refractivity contribution in [3.05, 3.63) is 0 Å². The van der Waals surface area contributed by atoms with Crippen LogP contribution in [0.4, 0.5) is 0 Å². The zero-order valence-corrected chi connectivity index (χ0v) is 10.7. The molecule has 0 atom stereocenters. The first-order valence-electron chi connectivity index (χ1n) is 5.83. The molecule has 1 rings (SSSR count). The highest BCUT2D eigenvalue weighted by molar-refractivity contribution is 6.18. The molecule has 4 nitrogen and oxygen atoms in total. The Bertz CT molecular complexity index is 214. The lowest BCUT2D eigenvalue weighted by Gasteiger charge is -2.21. The van der Waals surface area contributed by atoms with Crippen molar-refractivity contribution in [3.8, 4) is 0 Å². The molecule has 1 saturated heterocycles. The molecule has 0 aromatic carbocycles. The first-order valence-corrected chi connectivity index (χ1v) is 6.36. The van der Waals surface area contributed by atoms with Gasteiger partial charge < -0.3 is 9.64 Å². The van der Waals surface area contributed by atoms with Gasteiger partial charge in [-0.3, -0.25) is 9.69 Å². The summed E-state index contributed by atoms with van der Waals surface area (Å²) in [6, 6.07) is 0. The minimum absolute atomic E-state index is 0.184. The summed E-state index contributed by atoms with van der Waals surface area (Å²) in [4.78, 5) is 15.9. The van der Waals surface area contributed by atoms with E-state index in [1.807, 2.05) is 4.90 Å². The number of nitrogens with zero attached hydrogens (tertiary/aromatic N) is 2. The fourth-order valence-electron chi connectivity index (χ4n) is 1.90. The Labute approximate surface area is 102 Å². The molecule has 0 unspecified atom stereocenters. The molecular weight excluding hydrogens is 228 g/mol. The van der Waals surface area contributed by atoms with Crippen molar-refractivity contribution < 1.29 is 9.53 Å². The fraction of sp³-hybridized carbons (Fsp3) is 0.909. The Hall–Kier alpha value is -0.320. The van der Waals surface area contributed by atoms with Crippen LogP contribution in [0.3, 0.4) is 0 Å². The van der Waals surface area contributed by atoms with Gasteiger partial charge in [0.2, 0.25) is 5.91 Å². The summed E-state index contributed by atoms with van der Waals surface area (Å²) in [5, 5.41) is 0. The van der Waals surface area contributed by atoms with Gasteiger partial charge in [0.25, 0.3) is 0 Å². The predicted octanol–water partition coefficient (Wildman–Crippen LogP) is 0.796. The van der Waals surface area contributed by atoms with Crippen LogP contribution in [0.15, 0.2) is 0 Å². The van der Waals surface area contributed by atoms with Crippen molar-refractivity contribution in [2.45, 2.75) is 12.8 Å². The van der Waals surface area contributed by atoms with Crippen molar-refractivity contribution >= 4 is 17.5 Å². The monoisotopic (exact) mass is 248 g/mol. The molecule has 1 fully saturated rings. The molecule has 1 heterocycles. The Morgan fingerprint density at radius 2 is 2.12 bits per heavy atom. The van der Waals surface area contributed by atoms with Crippen molar-refractivity contribution in [1.82, 2.24) is 9.80 Å². The second-order valence-corrected chi connectivity index (χ2v) is 4.39. The number of carbonyl (C=O) groups excluding carboxylic acids is 1. The highest BCUT2D eigenvalue weighted by Gasteiger charge is 2.17. The highest BCUT2D eigenvalue weighted by Crippen LogP contribution is 2.05. The van der Waals surface area contributed by atoms with Gasteiger partial charge in [0, 0.05) is 45.6 Å². The Kier molecular flexibility index (Phi) is 6.76. The van der Waals surface area contributed by atoms with E-state index >= 15 is 0 Å². The standard InChI is InChI=1S/C11H21ClN2O2/c1-16-10-9-13-5-2-6-14(8-7-13)11(15)3-4-12/h2-10H2,1H3. The number of amides is 1. The average molecular weight is 249 g/mol. The molecule has 0 aromatic heterocycles. The summed E-state index contributed by atoms with van der Waals surface area (Å²) in [5.74, 6) is 0.603. The molecule has 0 bridgehead atoms. The molecule has 0 aliphatic carbocycles. The fourth-order valence-corrected chi connectivity index (χ4v) is 2.06. The van der Waals surface area contributed by atoms with Crippen LogP contribution in [-0.4, -0.2) is 68.0 Å². The molecule has 1 aliphatic heterocycles. The van der Waals surface area contributed by atoms with Crippen molar-refractivity contribution in [2.75, 3.05) is 52.3 Å². The number of hydrogen-bond acceptors (Lipinski definition) is 3. The molecule has 0 saturated carbocycles. The number of methoxy groups -OCH3 is 1. The van der Waals surface area contributed by atoms with Crippen molar-refractivity contribution in [3.63, 3.8) is 0 Å². The molecule has 1 aliphatic rings. The summed E-state index contributed by atoms with van der Waals surface area (Å²) < 4.78 is 5.06. The molecule has 0 radical (unpaired) electrons. The third kappa shape index (κ3) is 4.68. The van der Waals surface area contributed by atoms with Gasteiger partial charge in [-0.15, -0.1) is 11.6 Å². The van der Waals surface area contributed by atoms with E-state index in [1.54, 1.807) is 7.11 Å². The van der Waals surface area contributed by atoms with Gasteiger partial charge in [-0.2, -0.15) is 0 Å². The third-order valence-corrected chi connectivity index (χ3v) is 3.05. The van der Waals surface area contributed by atoms with Gasteiger partial charge in [0.1, 0.15) is 0 Å². The SMILES string of the molecule is COCCN1CCCN(C(=O)CCCl)CC1. The van der Waals surface area contributed by atoms with E-state index in [2.05, 4.69) is 4.90 Å². The number of rotatable bonds is 5. The average Bonchev–Trinajstić information content (AvgIpc) is 2.52. The first-order chi connectivity index (χ1) is 7.77. The first kappa shape index (κ1) is 13.7. The lowest BCUT2D eigenvalue weighted by Crippen LogP contribution is -2.36. The van der Waals surface area contributed by atoms with Gasteiger partial charge in [-0.05, 0) is 13.0 Å². The zero-order chi connectivity index (χ0) is 11.8. The van der Waals surface area contributed by atoms with Gasteiger partial charge >= 0.3 is 0 Å². The Morgan fingerprint density at radius 3 is 2.81 bits per heavy atom. The van der Waals surface area contributed by atoms with Crippen LogP contribution in [0.2, 0.25) is 0 Å². The maximum absolute atomic E-state index is 11.7. The quantitative estimate of drug-likeness (QED) is 0.675. The molecule has 0 spiro atoms. The van der Waals surface area contributed by atoms with Crippen LogP contribution >= 0.6 is 11.6 Å². The van der Waals surface area contributed by atoms with Crippen LogP contribution in [-0.2, 0) is 9.53 Å². The molecular formula is C11H21ClN2O2. The number of carbonyl (C=O) groups is 1. The van der Waals surface area contributed by atoms with Gasteiger partial charge in [0.15, 0.2) is 0 Å². The predicted molar refractivity (Wildman–Crippen MR) is 64.9 cm³/mol. The van der Waals surface area contributed by atoms with Crippen LogP contribution in [0.5, 0.6) is 0 Å². The maximum Gasteiger partial charge on any atom is 0.223 e. The van der Waals surface area contributed by atoms with Gasteiger partial charge in [-0.25, -0.2) is 0 Å². The minimum Gasteiger partial charge on any atom is -0.383 e. The van der Waals surface area contributed by atoms with E-state index in [-0.39, 0.29) is 5.91 Å². The topological polar surface area (TPSA) is 32.8 Å². The smallest absolute Gasteiger partial charge is 0.223 e. The number of hydrogen-bond donors (Lipinski definition) is 0. The summed E-state index contributed by atoms with van der Waals surface area (Å²) in [7, 11) is 1.72. The molecule has 5 heteroatoms. The van der Waals surface area contributed by atoms with Crippen molar-refractivity contribution in [2.24, 2.45) is 0 Å². The second kappa shape index (κ2) is 7.87. The van der Waals surface area contributed by atoms with Crippen molar-refractivity contribution in [1.29, 1.82) is 0 Å². The second-order valence-electron chi connectivity index (χ2n) is 4.01. The molecule has 16 heavy (non-hydrogen) atoms. The molecule has 1 amide bonds. The van der Waals surface area contributed by atoms with E-state index in [0.717, 1.165) is 45.8 Å². The van der Waals surface area contributed by atoms with Gasteiger partial charge in [0.05, 0.1) is 6.61 Å². The number of alkyl halides is 1. The third-order valence-electron chi connectivity index (χ3n) is 2.86. The van der Waals surface area contributed by atoms with E-state index < -0.39 is 0 Å². The zero-order valence-electron chi connectivity index (χ0n) is 9.95. The van der Waals surface area contributed by atoms with E-state index in [1.165, 1.54) is 0 Å². The van der Waals surface area contributed by atoms with Crippen LogP contribution in [0, 0.1) is 0 Å². The van der Waals surface area contributed by atoms with Crippen LogP contribution < -0.4 is 0 Å². The lowest BCUT2D eigenvalue weighted by atomic mass is 10.3. The Balaban J connectivity index is 2.31. The van der Waals surface area contributed by atoms with Gasteiger partial charge in [-0.1, -0.05) is 0 Å². The van der Waals surface area contributed by atoms with E-state index in [4.69, 9.17) is 16.3 Å². The lowest BCUT2D eigenvalue weighted by molar-refractivity contribution is -0.130. The van der Waals surface area contributed by atoms with E-state index in [0.29, 0.717) is 12.3 Å². The molecule has 94 valence electrons. The normalized spacial score (nSPS) is 18.5. The summed E-state index contributed by atoms with van der Waals surface area (Å²) in [5.41, 5.74) is 0. The summed E-state index contributed by atoms with van der Waals surface area (Å²) in [6.45, 7) is 5.38. The largest absolute Gasteiger partial charge is 0.383 e. The minimum atomic E-state index is 0.184. The van der Waals surface area contributed by atoms with E-state index in [9.17, 15) is 4.79 Å². The molecule has 0 N–H and O–H groups in total. The number of ether oxygens (including phenoxy) is 1. The number of halogens is 1. The maximum atomic E-state index is 11.7. The summed E-state index contributed by atoms with van der Waals surface area (Å²) >= 11 is 5.58.